The van der Waals surface area contributed by atoms with Crippen LogP contribution >= 0.6 is 11.3 Å². The number of amides is 1. The molecule has 2 N–H and O–H groups in total. The van der Waals surface area contributed by atoms with Crippen LogP contribution in [0.25, 0.3) is 10.6 Å². The van der Waals surface area contributed by atoms with E-state index in [1.807, 2.05) is 42.2 Å². The fourth-order valence-corrected chi connectivity index (χ4v) is 5.34. The Morgan fingerprint density at radius 1 is 1.08 bits per heavy atom. The number of hydrogen-bond donors (Lipinski definition) is 2. The molecule has 0 spiro atoms. The van der Waals surface area contributed by atoms with Crippen LogP contribution in [0.2, 0.25) is 0 Å². The minimum Gasteiger partial charge on any atom is -0.365 e. The van der Waals surface area contributed by atoms with Gasteiger partial charge in [0.1, 0.15) is 11.8 Å². The smallest absolute Gasteiger partial charge is 0.254 e. The number of rotatable bonds is 7. The van der Waals surface area contributed by atoms with Crippen LogP contribution in [0.4, 0.5) is 16.8 Å². The summed E-state index contributed by atoms with van der Waals surface area (Å²) < 4.78 is 0. The number of aryl methyl sites for hydroxylation is 1. The first kappa shape index (κ1) is 25.3. The second-order valence-electron chi connectivity index (χ2n) is 9.01. The van der Waals surface area contributed by atoms with Gasteiger partial charge in [-0.1, -0.05) is 47.7 Å². The highest BCUT2D eigenvalue weighted by atomic mass is 32.1. The number of nitrogens with zero attached hydrogens (tertiary/aromatic N) is 6. The molecule has 38 heavy (non-hydrogen) atoms. The number of thiazole rings is 1. The summed E-state index contributed by atoms with van der Waals surface area (Å²) in [5.41, 5.74) is 4.29. The van der Waals surface area contributed by atoms with Crippen molar-refractivity contribution in [1.29, 1.82) is 5.26 Å². The third kappa shape index (κ3) is 5.64. The molecule has 0 radical (unpaired) electrons. The summed E-state index contributed by atoms with van der Waals surface area (Å²) in [6, 6.07) is 19.9. The summed E-state index contributed by atoms with van der Waals surface area (Å²) >= 11 is 1.43. The lowest BCUT2D eigenvalue weighted by atomic mass is 10.1. The predicted octanol–water partition coefficient (Wildman–Crippen LogP) is 4.52. The van der Waals surface area contributed by atoms with Gasteiger partial charge in [-0.05, 0) is 30.7 Å². The largest absolute Gasteiger partial charge is 0.365 e. The fraction of sp³-hybridized carbons (Fsp3) is 0.250. The fourth-order valence-electron chi connectivity index (χ4n) is 4.41. The Morgan fingerprint density at radius 2 is 1.87 bits per heavy atom. The van der Waals surface area contributed by atoms with E-state index < -0.39 is 0 Å². The number of nitrogens with one attached hydrogen (secondary N) is 2. The van der Waals surface area contributed by atoms with E-state index in [2.05, 4.69) is 60.8 Å². The Kier molecular flexibility index (Phi) is 7.58. The maximum atomic E-state index is 13.3. The van der Waals surface area contributed by atoms with Gasteiger partial charge in [-0.3, -0.25) is 9.69 Å². The maximum absolute atomic E-state index is 13.3. The molecule has 9 nitrogen and oxygen atoms in total. The van der Waals surface area contributed by atoms with Gasteiger partial charge in [-0.25, -0.2) is 15.0 Å². The Hall–Kier alpha value is -4.33. The highest BCUT2D eigenvalue weighted by molar-refractivity contribution is 7.19. The number of hydrogen-bond acceptors (Lipinski definition) is 9. The van der Waals surface area contributed by atoms with Gasteiger partial charge in [0, 0.05) is 51.0 Å². The number of nitriles is 1. The molecule has 0 unspecified atom stereocenters. The van der Waals surface area contributed by atoms with Crippen molar-refractivity contribution < 1.29 is 4.79 Å². The van der Waals surface area contributed by atoms with Gasteiger partial charge in [0.15, 0.2) is 5.13 Å². The Balaban J connectivity index is 1.27. The Morgan fingerprint density at radius 3 is 2.58 bits per heavy atom. The van der Waals surface area contributed by atoms with Gasteiger partial charge >= 0.3 is 0 Å². The lowest BCUT2D eigenvalue weighted by Crippen LogP contribution is -2.48. The van der Waals surface area contributed by atoms with Crippen molar-refractivity contribution >= 4 is 34.0 Å². The summed E-state index contributed by atoms with van der Waals surface area (Å²) in [5, 5.41) is 16.6. The SMILES string of the molecule is CNc1nc(C)c(-c2nc(Nc3cccc(C(=O)N4CCN(Cc5ccccc5)CC4)c3)ncc2C#N)s1. The monoisotopic (exact) mass is 524 g/mol. The summed E-state index contributed by atoms with van der Waals surface area (Å²) in [5.74, 6) is 0.353. The number of anilines is 3. The molecule has 0 saturated carbocycles. The summed E-state index contributed by atoms with van der Waals surface area (Å²) in [7, 11) is 1.80. The molecule has 1 amide bonds. The maximum Gasteiger partial charge on any atom is 0.254 e. The molecular weight excluding hydrogens is 496 g/mol. The molecule has 3 heterocycles. The summed E-state index contributed by atoms with van der Waals surface area (Å²) in [4.78, 5) is 31.8. The van der Waals surface area contributed by atoms with Crippen molar-refractivity contribution in [2.45, 2.75) is 13.5 Å². The zero-order chi connectivity index (χ0) is 26.5. The van der Waals surface area contributed by atoms with Crippen LogP contribution in [0.5, 0.6) is 0 Å². The van der Waals surface area contributed by atoms with Crippen molar-refractivity contribution in [3.05, 3.63) is 83.2 Å². The lowest BCUT2D eigenvalue weighted by molar-refractivity contribution is 0.0628. The highest BCUT2D eigenvalue weighted by Gasteiger charge is 2.22. The lowest BCUT2D eigenvalue weighted by Gasteiger charge is -2.34. The number of benzene rings is 2. The van der Waals surface area contributed by atoms with Gasteiger partial charge in [-0.15, -0.1) is 0 Å². The first-order chi connectivity index (χ1) is 18.5. The van der Waals surface area contributed by atoms with E-state index in [1.54, 1.807) is 7.05 Å². The molecule has 5 rings (SSSR count). The minimum absolute atomic E-state index is 0.00864. The van der Waals surface area contributed by atoms with Crippen LogP contribution < -0.4 is 10.6 Å². The molecule has 2 aromatic heterocycles. The first-order valence-corrected chi connectivity index (χ1v) is 13.2. The van der Waals surface area contributed by atoms with Gasteiger partial charge in [0.2, 0.25) is 5.95 Å². The first-order valence-electron chi connectivity index (χ1n) is 12.4. The van der Waals surface area contributed by atoms with Crippen molar-refractivity contribution in [3.63, 3.8) is 0 Å². The molecule has 1 aliphatic heterocycles. The van der Waals surface area contributed by atoms with E-state index >= 15 is 0 Å². The molecule has 10 heteroatoms. The normalized spacial score (nSPS) is 13.7. The van der Waals surface area contributed by atoms with Gasteiger partial charge < -0.3 is 15.5 Å². The van der Waals surface area contributed by atoms with Gasteiger partial charge in [-0.2, -0.15) is 5.26 Å². The van der Waals surface area contributed by atoms with Crippen molar-refractivity contribution in [1.82, 2.24) is 24.8 Å². The highest BCUT2D eigenvalue weighted by Crippen LogP contribution is 2.33. The number of carbonyl (C=O) groups is 1. The van der Waals surface area contributed by atoms with Crippen LogP contribution in [0.3, 0.4) is 0 Å². The number of aromatic nitrogens is 3. The second kappa shape index (κ2) is 11.4. The van der Waals surface area contributed by atoms with Crippen LogP contribution in [-0.2, 0) is 6.54 Å². The molecule has 1 saturated heterocycles. The van der Waals surface area contributed by atoms with Crippen LogP contribution in [0.15, 0.2) is 60.8 Å². The average Bonchev–Trinajstić information content (AvgIpc) is 3.34. The molecule has 0 bridgehead atoms. The van der Waals surface area contributed by atoms with Crippen LogP contribution in [-0.4, -0.2) is 63.9 Å². The molecule has 1 aliphatic rings. The molecule has 1 fully saturated rings. The predicted molar refractivity (Wildman–Crippen MR) is 149 cm³/mol. The molecule has 0 aliphatic carbocycles. The van der Waals surface area contributed by atoms with Crippen molar-refractivity contribution in [3.8, 4) is 16.6 Å². The molecule has 192 valence electrons. The van der Waals surface area contributed by atoms with Crippen molar-refractivity contribution in [2.75, 3.05) is 43.9 Å². The molecule has 0 atom stereocenters. The van der Waals surface area contributed by atoms with E-state index in [1.165, 1.54) is 23.1 Å². The van der Waals surface area contributed by atoms with E-state index in [0.717, 1.165) is 35.3 Å². The third-order valence-corrected chi connectivity index (χ3v) is 7.59. The number of piperazine rings is 1. The molecular formula is C28H28N8OS. The van der Waals surface area contributed by atoms with E-state index in [9.17, 15) is 10.1 Å². The zero-order valence-electron chi connectivity index (χ0n) is 21.3. The average molecular weight is 525 g/mol. The van der Waals surface area contributed by atoms with E-state index in [-0.39, 0.29) is 5.91 Å². The zero-order valence-corrected chi connectivity index (χ0v) is 22.1. The van der Waals surface area contributed by atoms with Crippen molar-refractivity contribution in [2.24, 2.45) is 0 Å². The van der Waals surface area contributed by atoms with Crippen LogP contribution in [0, 0.1) is 18.3 Å². The summed E-state index contributed by atoms with van der Waals surface area (Å²) in [6.45, 7) is 5.84. The van der Waals surface area contributed by atoms with Gasteiger partial charge in [0.05, 0.1) is 22.3 Å². The quantitative estimate of drug-likeness (QED) is 0.363. The van der Waals surface area contributed by atoms with E-state index in [0.29, 0.717) is 41.5 Å². The number of carbonyl (C=O) groups excluding carboxylic acids is 1. The topological polar surface area (TPSA) is 110 Å². The minimum atomic E-state index is 0.00864. The Labute approximate surface area is 225 Å². The third-order valence-electron chi connectivity index (χ3n) is 6.41. The molecule has 4 aromatic rings. The Bertz CT molecular complexity index is 1470. The van der Waals surface area contributed by atoms with Gasteiger partial charge in [0.25, 0.3) is 5.91 Å². The molecule has 2 aromatic carbocycles. The van der Waals surface area contributed by atoms with E-state index in [4.69, 9.17) is 0 Å². The standard InChI is InChI=1S/C28H28N8OS/c1-19-25(38-28(30-2)32-19)24-22(16-29)17-31-27(34-24)33-23-10-6-9-21(15-23)26(37)36-13-11-35(12-14-36)18-20-7-4-3-5-8-20/h3-10,15,17H,11-14,18H2,1-2H3,(H,30,32)(H,31,33,34). The van der Waals surface area contributed by atoms with Crippen LogP contribution in [0.1, 0.15) is 27.2 Å². The summed E-state index contributed by atoms with van der Waals surface area (Å²) in [6.07, 6.45) is 1.51. The second-order valence-corrected chi connectivity index (χ2v) is 10.0.